The summed E-state index contributed by atoms with van der Waals surface area (Å²) in [5.74, 6) is -0.569. The summed E-state index contributed by atoms with van der Waals surface area (Å²) >= 11 is 0. The molecule has 1 unspecified atom stereocenters. The van der Waals surface area contributed by atoms with Crippen LogP contribution in [0.3, 0.4) is 0 Å². The van der Waals surface area contributed by atoms with Crippen LogP contribution in [0.2, 0.25) is 0 Å². The van der Waals surface area contributed by atoms with E-state index in [1.54, 1.807) is 12.1 Å². The Hall–Kier alpha value is -2.86. The van der Waals surface area contributed by atoms with Crippen LogP contribution in [0.25, 0.3) is 0 Å². The highest BCUT2D eigenvalue weighted by molar-refractivity contribution is 5.88. The van der Waals surface area contributed by atoms with E-state index in [0.29, 0.717) is 12.0 Å². The SMILES string of the molecule is O=C(Cc1cccc(C(=O)O)c1)NC1(CO)COc2ccccc2C1. The highest BCUT2D eigenvalue weighted by atomic mass is 16.5. The van der Waals surface area contributed by atoms with Gasteiger partial charge in [-0.2, -0.15) is 0 Å². The number of rotatable bonds is 5. The molecule has 0 fully saturated rings. The van der Waals surface area contributed by atoms with Crippen LogP contribution in [0.1, 0.15) is 21.5 Å². The minimum absolute atomic E-state index is 0.0323. The molecular weight excluding hydrogens is 322 g/mol. The molecule has 0 spiro atoms. The minimum atomic E-state index is -1.04. The van der Waals surface area contributed by atoms with Crippen molar-refractivity contribution in [3.05, 3.63) is 65.2 Å². The second-order valence-corrected chi connectivity index (χ2v) is 6.24. The van der Waals surface area contributed by atoms with Crippen LogP contribution in [0, 0.1) is 0 Å². The summed E-state index contributed by atoms with van der Waals surface area (Å²) < 4.78 is 5.68. The van der Waals surface area contributed by atoms with E-state index in [0.717, 1.165) is 11.3 Å². The van der Waals surface area contributed by atoms with Gasteiger partial charge >= 0.3 is 5.97 Å². The third-order valence-electron chi connectivity index (χ3n) is 4.25. The van der Waals surface area contributed by atoms with Gasteiger partial charge < -0.3 is 20.3 Å². The van der Waals surface area contributed by atoms with Crippen LogP contribution < -0.4 is 10.1 Å². The highest BCUT2D eigenvalue weighted by Crippen LogP contribution is 2.29. The lowest BCUT2D eigenvalue weighted by molar-refractivity contribution is -0.123. The van der Waals surface area contributed by atoms with Gasteiger partial charge in [-0.25, -0.2) is 4.79 Å². The number of hydrogen-bond acceptors (Lipinski definition) is 4. The maximum atomic E-state index is 12.4. The Morgan fingerprint density at radius 3 is 2.72 bits per heavy atom. The number of carboxylic acid groups (broad SMARTS) is 1. The lowest BCUT2D eigenvalue weighted by atomic mass is 9.89. The van der Waals surface area contributed by atoms with Gasteiger partial charge in [0.1, 0.15) is 17.9 Å². The average molecular weight is 341 g/mol. The second-order valence-electron chi connectivity index (χ2n) is 6.24. The number of carboxylic acids is 1. The lowest BCUT2D eigenvalue weighted by Gasteiger charge is -2.37. The molecule has 130 valence electrons. The highest BCUT2D eigenvalue weighted by Gasteiger charge is 2.36. The van der Waals surface area contributed by atoms with Gasteiger partial charge in [-0.15, -0.1) is 0 Å². The molecule has 6 heteroatoms. The molecule has 1 amide bonds. The summed E-state index contributed by atoms with van der Waals surface area (Å²) in [4.78, 5) is 23.4. The number of para-hydroxylation sites is 1. The first-order chi connectivity index (χ1) is 12.0. The molecule has 1 heterocycles. The van der Waals surface area contributed by atoms with Crippen LogP contribution in [0.4, 0.5) is 0 Å². The Morgan fingerprint density at radius 1 is 1.16 bits per heavy atom. The molecule has 0 saturated heterocycles. The first-order valence-corrected chi connectivity index (χ1v) is 7.96. The molecule has 2 aromatic rings. The van der Waals surface area contributed by atoms with Crippen molar-refractivity contribution in [1.29, 1.82) is 0 Å². The number of aliphatic hydroxyl groups excluding tert-OH is 1. The molecule has 0 saturated carbocycles. The smallest absolute Gasteiger partial charge is 0.335 e. The summed E-state index contributed by atoms with van der Waals surface area (Å²) in [6.45, 7) is -0.0658. The monoisotopic (exact) mass is 341 g/mol. The van der Waals surface area contributed by atoms with E-state index >= 15 is 0 Å². The molecule has 1 atom stereocenters. The van der Waals surface area contributed by atoms with Gasteiger partial charge in [-0.05, 0) is 29.3 Å². The van der Waals surface area contributed by atoms with Crippen LogP contribution in [-0.4, -0.2) is 40.8 Å². The van der Waals surface area contributed by atoms with Crippen molar-refractivity contribution >= 4 is 11.9 Å². The van der Waals surface area contributed by atoms with Gasteiger partial charge in [0.05, 0.1) is 18.6 Å². The molecule has 0 bridgehead atoms. The van der Waals surface area contributed by atoms with Crippen LogP contribution >= 0.6 is 0 Å². The van der Waals surface area contributed by atoms with Crippen molar-refractivity contribution < 1.29 is 24.5 Å². The molecule has 0 radical (unpaired) electrons. The maximum absolute atomic E-state index is 12.4. The topological polar surface area (TPSA) is 95.9 Å². The Bertz CT molecular complexity index is 804. The molecular formula is C19H19NO5. The van der Waals surface area contributed by atoms with Gasteiger partial charge in [-0.3, -0.25) is 4.79 Å². The Labute approximate surface area is 145 Å². The maximum Gasteiger partial charge on any atom is 0.335 e. The summed E-state index contributed by atoms with van der Waals surface area (Å²) in [7, 11) is 0. The number of hydrogen-bond donors (Lipinski definition) is 3. The number of carbonyl (C=O) groups excluding carboxylic acids is 1. The summed E-state index contributed by atoms with van der Waals surface area (Å²) in [6, 6.07) is 13.8. The number of carbonyl (C=O) groups is 2. The number of ether oxygens (including phenoxy) is 1. The second kappa shape index (κ2) is 6.94. The van der Waals surface area contributed by atoms with E-state index in [-0.39, 0.29) is 31.1 Å². The first kappa shape index (κ1) is 17.0. The molecule has 0 aliphatic carbocycles. The number of amides is 1. The Kier molecular flexibility index (Phi) is 4.72. The van der Waals surface area contributed by atoms with Crippen molar-refractivity contribution in [1.82, 2.24) is 5.32 Å². The van der Waals surface area contributed by atoms with Crippen molar-refractivity contribution in [2.24, 2.45) is 0 Å². The average Bonchev–Trinajstić information content (AvgIpc) is 2.61. The fourth-order valence-corrected chi connectivity index (χ4v) is 2.98. The predicted octanol–water partition coefficient (Wildman–Crippen LogP) is 1.41. The number of fused-ring (bicyclic) bond motifs is 1. The third kappa shape index (κ3) is 3.80. The standard InChI is InChI=1S/C19H19NO5/c21-11-19(10-15-5-1-2-7-16(15)25-12-19)20-17(22)9-13-4-3-6-14(8-13)18(23)24/h1-8,21H,9-12H2,(H,20,22)(H,23,24). The summed E-state index contributed by atoms with van der Waals surface area (Å²) in [5, 5.41) is 21.7. The zero-order valence-corrected chi connectivity index (χ0v) is 13.6. The molecule has 1 aliphatic heterocycles. The van der Waals surface area contributed by atoms with Gasteiger partial charge in [-0.1, -0.05) is 30.3 Å². The summed E-state index contributed by atoms with van der Waals surface area (Å²) in [6.07, 6.45) is 0.505. The van der Waals surface area contributed by atoms with E-state index in [4.69, 9.17) is 9.84 Å². The largest absolute Gasteiger partial charge is 0.491 e. The summed E-state index contributed by atoms with van der Waals surface area (Å²) in [5.41, 5.74) is 0.784. The zero-order chi connectivity index (χ0) is 17.9. The van der Waals surface area contributed by atoms with Crippen molar-refractivity contribution in [3.63, 3.8) is 0 Å². The molecule has 3 N–H and O–H groups in total. The van der Waals surface area contributed by atoms with E-state index in [9.17, 15) is 14.7 Å². The third-order valence-corrected chi connectivity index (χ3v) is 4.25. The van der Waals surface area contributed by atoms with Gasteiger partial charge in [0, 0.05) is 6.42 Å². The zero-order valence-electron chi connectivity index (χ0n) is 13.6. The Balaban J connectivity index is 1.71. The molecule has 25 heavy (non-hydrogen) atoms. The Morgan fingerprint density at radius 2 is 1.96 bits per heavy atom. The van der Waals surface area contributed by atoms with Crippen molar-refractivity contribution in [3.8, 4) is 5.75 Å². The van der Waals surface area contributed by atoms with Crippen molar-refractivity contribution in [2.75, 3.05) is 13.2 Å². The number of aliphatic hydroxyl groups is 1. The van der Waals surface area contributed by atoms with Crippen molar-refractivity contribution in [2.45, 2.75) is 18.4 Å². The van der Waals surface area contributed by atoms with Crippen LogP contribution in [-0.2, 0) is 17.6 Å². The molecule has 2 aromatic carbocycles. The van der Waals surface area contributed by atoms with Gasteiger partial charge in [0.15, 0.2) is 0 Å². The fraction of sp³-hybridized carbons (Fsp3) is 0.263. The predicted molar refractivity (Wildman–Crippen MR) is 90.7 cm³/mol. The number of nitrogens with one attached hydrogen (secondary N) is 1. The molecule has 6 nitrogen and oxygen atoms in total. The van der Waals surface area contributed by atoms with Gasteiger partial charge in [0.2, 0.25) is 5.91 Å². The number of aromatic carboxylic acids is 1. The normalized spacial score (nSPS) is 18.8. The van der Waals surface area contributed by atoms with Crippen LogP contribution in [0.15, 0.2) is 48.5 Å². The van der Waals surface area contributed by atoms with Gasteiger partial charge in [0.25, 0.3) is 0 Å². The molecule has 3 rings (SSSR count). The lowest BCUT2D eigenvalue weighted by Crippen LogP contribution is -2.58. The van der Waals surface area contributed by atoms with E-state index in [1.165, 1.54) is 12.1 Å². The van der Waals surface area contributed by atoms with Crippen LogP contribution in [0.5, 0.6) is 5.75 Å². The number of benzene rings is 2. The minimum Gasteiger partial charge on any atom is -0.491 e. The molecule has 1 aliphatic rings. The fourth-order valence-electron chi connectivity index (χ4n) is 2.98. The molecule has 0 aromatic heterocycles. The van der Waals surface area contributed by atoms with E-state index in [2.05, 4.69) is 5.32 Å². The van der Waals surface area contributed by atoms with E-state index in [1.807, 2.05) is 24.3 Å². The first-order valence-electron chi connectivity index (χ1n) is 7.96. The quantitative estimate of drug-likeness (QED) is 0.764. The van der Waals surface area contributed by atoms with E-state index < -0.39 is 11.5 Å².